The maximum absolute atomic E-state index is 13.1. The highest BCUT2D eigenvalue weighted by Gasteiger charge is 2.23. The van der Waals surface area contributed by atoms with Crippen LogP contribution in [0.25, 0.3) is 10.2 Å². The van der Waals surface area contributed by atoms with Gasteiger partial charge in [-0.25, -0.2) is 4.98 Å². The van der Waals surface area contributed by atoms with Gasteiger partial charge in [0.2, 0.25) is 0 Å². The molecule has 1 aromatic carbocycles. The minimum absolute atomic E-state index is 0.110. The number of benzene rings is 1. The largest absolute Gasteiger partial charge is 0.279 e. The number of rotatable bonds is 4. The fourth-order valence-corrected chi connectivity index (χ4v) is 4.65. The van der Waals surface area contributed by atoms with Gasteiger partial charge in [0, 0.05) is 12.4 Å². The average Bonchev–Trinajstić information content (AvgIpc) is 3.25. The summed E-state index contributed by atoms with van der Waals surface area (Å²) in [5.41, 5.74) is 3.01. The zero-order chi connectivity index (χ0) is 18.1. The quantitative estimate of drug-likeness (QED) is 0.451. The monoisotopic (exact) mass is 399 g/mol. The molecule has 0 saturated heterocycles. The molecule has 130 valence electrons. The summed E-state index contributed by atoms with van der Waals surface area (Å²) in [6.45, 7) is 2.45. The van der Waals surface area contributed by atoms with Gasteiger partial charge >= 0.3 is 0 Å². The summed E-state index contributed by atoms with van der Waals surface area (Å²) < 4.78 is 1.66. The van der Waals surface area contributed by atoms with Crippen LogP contribution in [0.2, 0.25) is 4.34 Å². The minimum atomic E-state index is -0.110. The number of thiophene rings is 1. The normalized spacial score (nSPS) is 11.0. The van der Waals surface area contributed by atoms with E-state index in [0.717, 1.165) is 15.8 Å². The highest BCUT2D eigenvalue weighted by atomic mass is 35.5. The molecule has 0 spiro atoms. The molecule has 7 heteroatoms. The Kier molecular flexibility index (Phi) is 4.72. The van der Waals surface area contributed by atoms with Crippen molar-refractivity contribution < 1.29 is 4.79 Å². The van der Waals surface area contributed by atoms with Crippen LogP contribution >= 0.6 is 34.3 Å². The third kappa shape index (κ3) is 3.49. The lowest BCUT2D eigenvalue weighted by molar-refractivity contribution is 0.0989. The summed E-state index contributed by atoms with van der Waals surface area (Å²) in [5.74, 6) is -0.110. The molecule has 0 fully saturated rings. The van der Waals surface area contributed by atoms with Gasteiger partial charge in [0.15, 0.2) is 5.13 Å². The standard InChI is InChI=1S/C19H14ClN3OS2/c1-12-4-5-14-16(9-12)26-19(22-14)23(11-13-3-2-8-21-10-13)18(24)15-6-7-17(20)25-15/h2-10H,11H2,1H3. The van der Waals surface area contributed by atoms with E-state index in [0.29, 0.717) is 20.9 Å². The first-order valence-corrected chi connectivity index (χ1v) is 9.94. The molecule has 4 aromatic rings. The number of thiazole rings is 1. The van der Waals surface area contributed by atoms with Crippen LogP contribution in [0.15, 0.2) is 54.9 Å². The first-order chi connectivity index (χ1) is 12.6. The molecule has 4 rings (SSSR count). The summed E-state index contributed by atoms with van der Waals surface area (Å²) >= 11 is 8.81. The van der Waals surface area contributed by atoms with Gasteiger partial charge in [0.1, 0.15) is 0 Å². The van der Waals surface area contributed by atoms with Gasteiger partial charge in [-0.2, -0.15) is 0 Å². The van der Waals surface area contributed by atoms with Crippen molar-refractivity contribution in [3.8, 4) is 0 Å². The molecule has 0 aliphatic heterocycles. The molecule has 1 amide bonds. The highest BCUT2D eigenvalue weighted by Crippen LogP contribution is 2.32. The van der Waals surface area contributed by atoms with Gasteiger partial charge in [0.25, 0.3) is 5.91 Å². The Labute approximate surface area is 163 Å². The lowest BCUT2D eigenvalue weighted by atomic mass is 10.2. The number of aromatic nitrogens is 2. The first kappa shape index (κ1) is 17.1. The van der Waals surface area contributed by atoms with Gasteiger partial charge in [-0.15, -0.1) is 11.3 Å². The Bertz CT molecular complexity index is 1070. The number of pyridine rings is 1. The maximum Gasteiger partial charge on any atom is 0.270 e. The van der Waals surface area contributed by atoms with Crippen molar-refractivity contribution in [1.82, 2.24) is 9.97 Å². The second-order valence-corrected chi connectivity index (χ2v) is 8.55. The van der Waals surface area contributed by atoms with Crippen molar-refractivity contribution in [2.45, 2.75) is 13.5 Å². The number of fused-ring (bicyclic) bond motifs is 1. The van der Waals surface area contributed by atoms with Crippen LogP contribution in [0.1, 0.15) is 20.8 Å². The molecular formula is C19H14ClN3OS2. The van der Waals surface area contributed by atoms with E-state index in [1.807, 2.05) is 31.2 Å². The molecule has 4 nitrogen and oxygen atoms in total. The Morgan fingerprint density at radius 3 is 2.81 bits per heavy atom. The number of aryl methyl sites for hydroxylation is 1. The molecule has 3 aromatic heterocycles. The summed E-state index contributed by atoms with van der Waals surface area (Å²) in [6.07, 6.45) is 3.48. The second kappa shape index (κ2) is 7.15. The Morgan fingerprint density at radius 1 is 1.19 bits per heavy atom. The van der Waals surface area contributed by atoms with Gasteiger partial charge in [-0.3, -0.25) is 14.7 Å². The van der Waals surface area contributed by atoms with E-state index in [2.05, 4.69) is 16.0 Å². The summed E-state index contributed by atoms with van der Waals surface area (Å²) in [5, 5.41) is 0.670. The third-order valence-electron chi connectivity index (χ3n) is 3.86. The smallest absolute Gasteiger partial charge is 0.270 e. The number of anilines is 1. The fourth-order valence-electron chi connectivity index (χ4n) is 2.60. The van der Waals surface area contributed by atoms with E-state index >= 15 is 0 Å². The van der Waals surface area contributed by atoms with E-state index in [9.17, 15) is 4.79 Å². The van der Waals surface area contributed by atoms with Crippen molar-refractivity contribution in [1.29, 1.82) is 0 Å². The topological polar surface area (TPSA) is 46.1 Å². The van der Waals surface area contributed by atoms with Crippen molar-refractivity contribution in [2.24, 2.45) is 0 Å². The maximum atomic E-state index is 13.1. The predicted molar refractivity (Wildman–Crippen MR) is 108 cm³/mol. The Balaban J connectivity index is 1.76. The molecule has 0 radical (unpaired) electrons. The van der Waals surface area contributed by atoms with E-state index in [-0.39, 0.29) is 5.91 Å². The van der Waals surface area contributed by atoms with Crippen molar-refractivity contribution >= 4 is 55.5 Å². The molecule has 0 N–H and O–H groups in total. The van der Waals surface area contributed by atoms with E-state index < -0.39 is 0 Å². The zero-order valence-corrected chi connectivity index (χ0v) is 16.2. The molecule has 0 saturated carbocycles. The van der Waals surface area contributed by atoms with Crippen LogP contribution in [0.3, 0.4) is 0 Å². The number of hydrogen-bond acceptors (Lipinski definition) is 5. The molecule has 0 atom stereocenters. The molecule has 0 aliphatic rings. The third-order valence-corrected chi connectivity index (χ3v) is 6.12. The lowest BCUT2D eigenvalue weighted by Crippen LogP contribution is -2.29. The van der Waals surface area contributed by atoms with Crippen molar-refractivity contribution in [2.75, 3.05) is 4.90 Å². The van der Waals surface area contributed by atoms with Gasteiger partial charge in [-0.05, 0) is 48.4 Å². The highest BCUT2D eigenvalue weighted by molar-refractivity contribution is 7.22. The molecular weight excluding hydrogens is 386 g/mol. The van der Waals surface area contributed by atoms with Crippen molar-refractivity contribution in [3.05, 3.63) is 75.2 Å². The summed E-state index contributed by atoms with van der Waals surface area (Å²) in [7, 11) is 0. The predicted octanol–water partition coefficient (Wildman–Crippen LogP) is 5.56. The van der Waals surface area contributed by atoms with E-state index in [4.69, 9.17) is 11.6 Å². The van der Waals surface area contributed by atoms with E-state index in [1.165, 1.54) is 28.2 Å². The van der Waals surface area contributed by atoms with Crippen LogP contribution in [-0.2, 0) is 6.54 Å². The number of amides is 1. The number of carbonyl (C=O) groups excluding carboxylic acids is 1. The summed E-state index contributed by atoms with van der Waals surface area (Å²) in [6, 6.07) is 13.4. The first-order valence-electron chi connectivity index (χ1n) is 7.93. The SMILES string of the molecule is Cc1ccc2nc(N(Cc3cccnc3)C(=O)c3ccc(Cl)s3)sc2c1. The van der Waals surface area contributed by atoms with Crippen LogP contribution in [0.5, 0.6) is 0 Å². The van der Waals surface area contributed by atoms with Crippen LogP contribution in [0, 0.1) is 6.92 Å². The van der Waals surface area contributed by atoms with Gasteiger partial charge in [-0.1, -0.05) is 35.1 Å². The number of carbonyl (C=O) groups is 1. The summed E-state index contributed by atoms with van der Waals surface area (Å²) in [4.78, 5) is 24.2. The Hall–Kier alpha value is -2.28. The van der Waals surface area contributed by atoms with E-state index in [1.54, 1.807) is 29.4 Å². The Morgan fingerprint density at radius 2 is 2.08 bits per heavy atom. The number of hydrogen-bond donors (Lipinski definition) is 0. The van der Waals surface area contributed by atoms with Crippen LogP contribution in [0.4, 0.5) is 5.13 Å². The van der Waals surface area contributed by atoms with Crippen LogP contribution < -0.4 is 4.90 Å². The van der Waals surface area contributed by atoms with Crippen LogP contribution in [-0.4, -0.2) is 15.9 Å². The zero-order valence-electron chi connectivity index (χ0n) is 13.8. The van der Waals surface area contributed by atoms with Gasteiger partial charge in [0.05, 0.1) is 26.0 Å². The molecule has 26 heavy (non-hydrogen) atoms. The minimum Gasteiger partial charge on any atom is -0.279 e. The fraction of sp³-hybridized carbons (Fsp3) is 0.105. The number of nitrogens with zero attached hydrogens (tertiary/aromatic N) is 3. The van der Waals surface area contributed by atoms with Crippen molar-refractivity contribution in [3.63, 3.8) is 0 Å². The number of halogens is 1. The molecule has 3 heterocycles. The lowest BCUT2D eigenvalue weighted by Gasteiger charge is -2.19. The van der Waals surface area contributed by atoms with Gasteiger partial charge < -0.3 is 0 Å². The second-order valence-electron chi connectivity index (χ2n) is 5.82. The molecule has 0 aliphatic carbocycles. The average molecular weight is 400 g/mol. The molecule has 0 bridgehead atoms. The molecule has 0 unspecified atom stereocenters.